The maximum atomic E-state index is 15.2. The molecule has 2 aliphatic heterocycles. The summed E-state index contributed by atoms with van der Waals surface area (Å²) in [4.78, 5) is 35.6. The number of thioether (sulfide) groups is 1. The zero-order valence-electron chi connectivity index (χ0n) is 22.5. The van der Waals surface area contributed by atoms with Gasteiger partial charge in [0.25, 0.3) is 0 Å². The van der Waals surface area contributed by atoms with E-state index in [1.165, 1.54) is 19.2 Å². The van der Waals surface area contributed by atoms with Gasteiger partial charge in [-0.25, -0.2) is 9.18 Å². The van der Waals surface area contributed by atoms with Crippen LogP contribution in [-0.4, -0.2) is 24.0 Å². The van der Waals surface area contributed by atoms with Gasteiger partial charge in [0.05, 0.1) is 30.2 Å². The third kappa shape index (κ3) is 3.27. The first-order chi connectivity index (χ1) is 20.5. The molecule has 0 bridgehead atoms. The number of methoxy groups -OCH3 is 1. The van der Waals surface area contributed by atoms with Crippen molar-refractivity contribution in [2.45, 2.75) is 22.1 Å². The minimum absolute atomic E-state index is 0.182. The number of anilines is 2. The molecule has 3 heterocycles. The number of hydrogen-bond acceptors (Lipinski definition) is 5. The summed E-state index contributed by atoms with van der Waals surface area (Å²) < 4.78 is 20.7. The second-order valence-electron chi connectivity index (χ2n) is 10.6. The van der Waals surface area contributed by atoms with E-state index in [-0.39, 0.29) is 23.3 Å². The molecular weight excluding hydrogens is 549 g/mol. The van der Waals surface area contributed by atoms with E-state index < -0.39 is 17.2 Å². The van der Waals surface area contributed by atoms with E-state index in [9.17, 15) is 4.79 Å². The van der Waals surface area contributed by atoms with E-state index in [2.05, 4.69) is 10.3 Å². The molecule has 5 aromatic rings. The summed E-state index contributed by atoms with van der Waals surface area (Å²) in [6, 6.07) is 29.7. The Labute approximate surface area is 245 Å². The van der Waals surface area contributed by atoms with Crippen molar-refractivity contribution in [3.63, 3.8) is 0 Å². The quantitative estimate of drug-likeness (QED) is 0.231. The van der Waals surface area contributed by atoms with Gasteiger partial charge >= 0.3 is 5.97 Å². The number of carbonyl (C=O) groups excluding carboxylic acids is 2. The summed E-state index contributed by atoms with van der Waals surface area (Å²) in [6.45, 7) is 0.260. The molecule has 2 N–H and O–H groups in total. The maximum Gasteiger partial charge on any atom is 0.337 e. The number of benzene rings is 4. The van der Waals surface area contributed by atoms with E-state index in [0.29, 0.717) is 22.5 Å². The normalized spacial score (nSPS) is 20.2. The van der Waals surface area contributed by atoms with Crippen molar-refractivity contribution in [1.29, 1.82) is 0 Å². The predicted octanol–water partition coefficient (Wildman–Crippen LogP) is 6.84. The minimum Gasteiger partial charge on any atom is -0.466 e. The molecule has 2 atom stereocenters. The molecule has 4 aromatic carbocycles. The van der Waals surface area contributed by atoms with E-state index in [4.69, 9.17) is 4.74 Å². The van der Waals surface area contributed by atoms with Gasteiger partial charge in [-0.15, -0.1) is 11.8 Å². The molecule has 0 fully saturated rings. The highest BCUT2D eigenvalue weighted by atomic mass is 32.2. The number of amides is 1. The monoisotopic (exact) mass is 573 g/mol. The van der Waals surface area contributed by atoms with Crippen LogP contribution in [0.5, 0.6) is 0 Å². The topological polar surface area (TPSA) is 74.4 Å². The number of halogens is 1. The summed E-state index contributed by atoms with van der Waals surface area (Å²) in [5.41, 5.74) is 4.12. The number of H-pyrrole nitrogens is 1. The average molecular weight is 574 g/mol. The molecule has 8 rings (SSSR count). The second-order valence-corrected chi connectivity index (χ2v) is 11.8. The lowest BCUT2D eigenvalue weighted by Gasteiger charge is -2.41. The van der Waals surface area contributed by atoms with E-state index in [0.717, 1.165) is 32.7 Å². The van der Waals surface area contributed by atoms with Crippen LogP contribution in [0.25, 0.3) is 10.9 Å². The average Bonchev–Trinajstić information content (AvgIpc) is 3.51. The predicted molar refractivity (Wildman–Crippen MR) is 161 cm³/mol. The summed E-state index contributed by atoms with van der Waals surface area (Å²) in [7, 11) is 1.32. The van der Waals surface area contributed by atoms with Gasteiger partial charge in [-0.2, -0.15) is 0 Å². The summed E-state index contributed by atoms with van der Waals surface area (Å²) in [5.74, 6) is -1.45. The van der Waals surface area contributed by atoms with Crippen molar-refractivity contribution in [1.82, 2.24) is 4.98 Å². The van der Waals surface area contributed by atoms with Crippen LogP contribution in [0.3, 0.4) is 0 Å². The lowest BCUT2D eigenvalue weighted by Crippen LogP contribution is -2.48. The highest BCUT2D eigenvalue weighted by Crippen LogP contribution is 2.63. The fraction of sp³-hybridized carbons (Fsp3) is 0.118. The van der Waals surface area contributed by atoms with Crippen molar-refractivity contribution in [3.05, 3.63) is 137 Å². The standard InChI is InChI=1S/C34H24FN3O3S/c1-41-32(39)28-30-31(42-26-14-8-7-13-24(26)37-30)29-27(21-11-5-6-12-23(21)36-29)34(28)22-17-20(35)15-16-25(22)38(33(34)40)18-19-9-3-2-4-10-19/h2-17,31,36-37H,18H2,1H3/t31-,34-/m1/s1. The molecule has 1 aromatic heterocycles. The molecule has 0 unspecified atom stereocenters. The summed E-state index contributed by atoms with van der Waals surface area (Å²) >= 11 is 1.60. The molecule has 8 heteroatoms. The molecule has 42 heavy (non-hydrogen) atoms. The van der Waals surface area contributed by atoms with Gasteiger partial charge in [0, 0.05) is 44.0 Å². The number of hydrogen-bond donors (Lipinski definition) is 2. The molecule has 1 aliphatic carbocycles. The number of aromatic amines is 1. The van der Waals surface area contributed by atoms with Gasteiger partial charge in [0.15, 0.2) is 0 Å². The van der Waals surface area contributed by atoms with Gasteiger partial charge < -0.3 is 19.9 Å². The van der Waals surface area contributed by atoms with Crippen LogP contribution in [0.1, 0.15) is 27.6 Å². The Morgan fingerprint density at radius 3 is 2.60 bits per heavy atom. The van der Waals surface area contributed by atoms with E-state index in [1.807, 2.05) is 78.9 Å². The number of esters is 1. The van der Waals surface area contributed by atoms with Crippen molar-refractivity contribution in [2.24, 2.45) is 0 Å². The van der Waals surface area contributed by atoms with E-state index in [1.54, 1.807) is 22.7 Å². The Kier molecular flexibility index (Phi) is 5.40. The Balaban J connectivity index is 1.50. The summed E-state index contributed by atoms with van der Waals surface area (Å²) in [5, 5.41) is 3.96. The molecule has 1 spiro atoms. The third-order valence-corrected chi connectivity index (χ3v) is 9.79. The van der Waals surface area contributed by atoms with Crippen LogP contribution in [-0.2, 0) is 26.3 Å². The Morgan fingerprint density at radius 1 is 1.00 bits per heavy atom. The molecule has 0 saturated carbocycles. The fourth-order valence-corrected chi connectivity index (χ4v) is 8.05. The largest absolute Gasteiger partial charge is 0.466 e. The van der Waals surface area contributed by atoms with Gasteiger partial charge in [-0.3, -0.25) is 4.79 Å². The number of para-hydroxylation sites is 2. The number of nitrogens with one attached hydrogen (secondary N) is 2. The highest BCUT2D eigenvalue weighted by molar-refractivity contribution is 8.00. The molecule has 206 valence electrons. The first-order valence-electron chi connectivity index (χ1n) is 13.6. The lowest BCUT2D eigenvalue weighted by atomic mass is 9.64. The minimum atomic E-state index is -1.65. The molecule has 1 amide bonds. The molecule has 6 nitrogen and oxygen atoms in total. The highest BCUT2D eigenvalue weighted by Gasteiger charge is 2.63. The number of ether oxygens (including phenoxy) is 1. The number of aromatic nitrogens is 1. The van der Waals surface area contributed by atoms with Crippen molar-refractivity contribution in [2.75, 3.05) is 17.3 Å². The zero-order chi connectivity index (χ0) is 28.6. The first-order valence-corrected chi connectivity index (χ1v) is 14.5. The second kappa shape index (κ2) is 9.09. The summed E-state index contributed by atoms with van der Waals surface area (Å²) in [6.07, 6.45) is 0. The van der Waals surface area contributed by atoms with Crippen LogP contribution in [0.15, 0.2) is 113 Å². The number of nitrogens with zero attached hydrogens (tertiary/aromatic N) is 1. The van der Waals surface area contributed by atoms with Gasteiger partial charge in [-0.05, 0) is 42.0 Å². The zero-order valence-corrected chi connectivity index (χ0v) is 23.3. The van der Waals surface area contributed by atoms with Crippen molar-refractivity contribution >= 4 is 45.9 Å². The molecule has 0 saturated heterocycles. The van der Waals surface area contributed by atoms with Crippen LogP contribution in [0.4, 0.5) is 15.8 Å². The molecule has 0 radical (unpaired) electrons. The molecule has 3 aliphatic rings. The Bertz CT molecular complexity index is 1980. The van der Waals surface area contributed by atoms with Crippen LogP contribution < -0.4 is 10.2 Å². The molecular formula is C34H24FN3O3S. The van der Waals surface area contributed by atoms with Gasteiger partial charge in [-0.1, -0.05) is 60.7 Å². The Hall–Kier alpha value is -4.82. The first kappa shape index (κ1) is 24.9. The van der Waals surface area contributed by atoms with Crippen LogP contribution >= 0.6 is 11.8 Å². The maximum absolute atomic E-state index is 15.2. The van der Waals surface area contributed by atoms with Gasteiger partial charge in [0.2, 0.25) is 5.91 Å². The van der Waals surface area contributed by atoms with Crippen LogP contribution in [0.2, 0.25) is 0 Å². The number of fused-ring (bicyclic) bond motifs is 9. The smallest absolute Gasteiger partial charge is 0.337 e. The van der Waals surface area contributed by atoms with Crippen LogP contribution in [0, 0.1) is 5.82 Å². The third-order valence-electron chi connectivity index (χ3n) is 8.47. The van der Waals surface area contributed by atoms with E-state index >= 15 is 9.18 Å². The SMILES string of the molecule is COC(=O)C1=C2Nc3ccccc3S[C@@H]2c2[nH]c3ccccc3c2[C@@]12C(=O)N(Cc1ccccc1)c1ccc(F)cc12. The lowest BCUT2D eigenvalue weighted by molar-refractivity contribution is -0.138. The van der Waals surface area contributed by atoms with Crippen molar-refractivity contribution < 1.29 is 18.7 Å². The fourth-order valence-electron chi connectivity index (χ4n) is 6.80. The van der Waals surface area contributed by atoms with Crippen molar-refractivity contribution in [3.8, 4) is 0 Å². The van der Waals surface area contributed by atoms with Gasteiger partial charge in [0.1, 0.15) is 11.2 Å². The number of carbonyl (C=O) groups is 2. The number of rotatable bonds is 3. The Morgan fingerprint density at radius 2 is 1.76 bits per heavy atom.